The minimum Gasteiger partial charge on any atom is -0.507 e. The zero-order valence-corrected chi connectivity index (χ0v) is 19.9. The van der Waals surface area contributed by atoms with Crippen LogP contribution in [-0.4, -0.2) is 67.2 Å². The highest BCUT2D eigenvalue weighted by molar-refractivity contribution is 6.16. The SMILES string of the molecule is CC(=O)[C@]1(O)Cc2c(O)c3c(c(O)c2[C@@H](O[C@H]2C[C@H](N)[C@H](O)[C@H](C)O2)C1)C(=O)c1c(O)cccc1C3. The van der Waals surface area contributed by atoms with E-state index in [9.17, 15) is 35.1 Å². The minimum absolute atomic E-state index is 0.0394. The molecular weight excluding hydrogens is 470 g/mol. The Balaban J connectivity index is 1.64. The third-order valence-electron chi connectivity index (χ3n) is 7.68. The Hall–Kier alpha value is -3.02. The summed E-state index contributed by atoms with van der Waals surface area (Å²) in [7, 11) is 0. The molecule has 1 fully saturated rings. The van der Waals surface area contributed by atoms with Crippen LogP contribution in [0.25, 0.3) is 0 Å². The molecule has 3 aliphatic rings. The first-order chi connectivity index (χ1) is 16.9. The summed E-state index contributed by atoms with van der Waals surface area (Å²) in [5.74, 6) is -2.21. The van der Waals surface area contributed by atoms with Gasteiger partial charge in [0.05, 0.1) is 29.4 Å². The number of Topliss-reactive ketones (excluding diaryl/α,β-unsaturated/α-hetero) is 1. The smallest absolute Gasteiger partial charge is 0.201 e. The van der Waals surface area contributed by atoms with Gasteiger partial charge in [0.25, 0.3) is 0 Å². The van der Waals surface area contributed by atoms with Gasteiger partial charge < -0.3 is 40.7 Å². The van der Waals surface area contributed by atoms with Crippen molar-refractivity contribution in [2.45, 2.75) is 75.8 Å². The number of carbonyl (C=O) groups is 2. The quantitative estimate of drug-likeness (QED) is 0.286. The van der Waals surface area contributed by atoms with E-state index in [1.54, 1.807) is 19.1 Å². The lowest BCUT2D eigenvalue weighted by Gasteiger charge is -2.42. The summed E-state index contributed by atoms with van der Waals surface area (Å²) in [6, 6.07) is 3.94. The zero-order chi connectivity index (χ0) is 26.1. The third kappa shape index (κ3) is 3.68. The molecular formula is C26H29NO9. The van der Waals surface area contributed by atoms with Crippen molar-refractivity contribution in [2.24, 2.45) is 5.73 Å². The number of ketones is 2. The first-order valence-corrected chi connectivity index (χ1v) is 11.9. The van der Waals surface area contributed by atoms with Crippen LogP contribution in [0, 0.1) is 0 Å². The number of aliphatic hydroxyl groups is 2. The van der Waals surface area contributed by atoms with Crippen molar-refractivity contribution < 1.29 is 44.6 Å². The first kappa shape index (κ1) is 24.7. The number of carbonyl (C=O) groups excluding carboxylic acids is 2. The molecule has 5 rings (SSSR count). The monoisotopic (exact) mass is 499 g/mol. The fourth-order valence-electron chi connectivity index (χ4n) is 5.62. The lowest BCUT2D eigenvalue weighted by atomic mass is 9.72. The molecule has 0 spiro atoms. The van der Waals surface area contributed by atoms with E-state index < -0.39 is 53.6 Å². The Morgan fingerprint density at radius 1 is 1.17 bits per heavy atom. The topological polar surface area (TPSA) is 180 Å². The van der Waals surface area contributed by atoms with E-state index in [0.29, 0.717) is 5.56 Å². The molecule has 10 nitrogen and oxygen atoms in total. The second-order valence-corrected chi connectivity index (χ2v) is 10.0. The molecule has 192 valence electrons. The van der Waals surface area contributed by atoms with Crippen molar-refractivity contribution in [3.8, 4) is 17.2 Å². The van der Waals surface area contributed by atoms with E-state index >= 15 is 0 Å². The zero-order valence-electron chi connectivity index (χ0n) is 19.9. The van der Waals surface area contributed by atoms with Crippen LogP contribution in [-0.2, 0) is 27.1 Å². The standard InChI is InChI=1S/C26H29NO9/c1-10-22(30)15(27)7-18(35-10)36-17-9-26(34,11(2)28)8-14-20(17)25(33)21-13(23(14)31)6-12-4-3-5-16(29)19(12)24(21)32/h3-5,10,15,17-18,22,29-31,33-34H,6-9,27H2,1-2H3/t10-,15-,17-,18-,22+,26-/m0/s1. The highest BCUT2D eigenvalue weighted by atomic mass is 16.7. The molecule has 0 unspecified atom stereocenters. The summed E-state index contributed by atoms with van der Waals surface area (Å²) in [4.78, 5) is 25.8. The molecule has 0 aromatic heterocycles. The number of hydrogen-bond donors (Lipinski definition) is 6. The number of hydrogen-bond acceptors (Lipinski definition) is 10. The van der Waals surface area contributed by atoms with Crippen LogP contribution in [0.1, 0.15) is 71.0 Å². The lowest BCUT2D eigenvalue weighted by Crippen LogP contribution is -2.52. The Morgan fingerprint density at radius 2 is 1.89 bits per heavy atom. The number of benzene rings is 2. The molecule has 0 bridgehead atoms. The Kier molecular flexibility index (Phi) is 5.85. The van der Waals surface area contributed by atoms with Crippen LogP contribution in [0.5, 0.6) is 17.2 Å². The maximum atomic E-state index is 13.4. The lowest BCUT2D eigenvalue weighted by molar-refractivity contribution is -0.247. The summed E-state index contributed by atoms with van der Waals surface area (Å²) in [5.41, 5.74) is 4.79. The van der Waals surface area contributed by atoms with Gasteiger partial charge in [0.1, 0.15) is 22.8 Å². The van der Waals surface area contributed by atoms with E-state index in [-0.39, 0.29) is 65.0 Å². The molecule has 2 aliphatic carbocycles. The molecule has 6 atom stereocenters. The fraction of sp³-hybridized carbons (Fsp3) is 0.462. The number of aromatic hydroxyl groups is 3. The average molecular weight is 500 g/mol. The van der Waals surface area contributed by atoms with Gasteiger partial charge >= 0.3 is 0 Å². The van der Waals surface area contributed by atoms with Crippen molar-refractivity contribution >= 4 is 11.6 Å². The van der Waals surface area contributed by atoms with Gasteiger partial charge in [-0.3, -0.25) is 9.59 Å². The summed E-state index contributed by atoms with van der Waals surface area (Å²) < 4.78 is 11.8. The first-order valence-electron chi connectivity index (χ1n) is 11.9. The van der Waals surface area contributed by atoms with Crippen LogP contribution in [0.3, 0.4) is 0 Å². The molecule has 0 radical (unpaired) electrons. The molecule has 0 saturated carbocycles. The molecule has 7 N–H and O–H groups in total. The number of phenolic OH excluding ortho intramolecular Hbond substituents is 3. The minimum atomic E-state index is -1.90. The second-order valence-electron chi connectivity index (χ2n) is 10.0. The van der Waals surface area contributed by atoms with Gasteiger partial charge in [0.15, 0.2) is 12.1 Å². The molecule has 10 heteroatoms. The third-order valence-corrected chi connectivity index (χ3v) is 7.68. The second kappa shape index (κ2) is 8.53. The maximum Gasteiger partial charge on any atom is 0.201 e. The Labute approximate surface area is 206 Å². The van der Waals surface area contributed by atoms with Crippen LogP contribution in [0.4, 0.5) is 0 Å². The molecule has 36 heavy (non-hydrogen) atoms. The van der Waals surface area contributed by atoms with Crippen molar-refractivity contribution in [1.29, 1.82) is 0 Å². The molecule has 1 saturated heterocycles. The van der Waals surface area contributed by atoms with E-state index in [2.05, 4.69) is 0 Å². The molecule has 0 amide bonds. The van der Waals surface area contributed by atoms with Gasteiger partial charge in [-0.15, -0.1) is 0 Å². The summed E-state index contributed by atoms with van der Waals surface area (Å²) >= 11 is 0. The molecule has 1 aliphatic heterocycles. The average Bonchev–Trinajstić information content (AvgIpc) is 2.80. The van der Waals surface area contributed by atoms with Crippen LogP contribution in [0.15, 0.2) is 18.2 Å². The Bertz CT molecular complexity index is 1260. The largest absolute Gasteiger partial charge is 0.507 e. The summed E-state index contributed by atoms with van der Waals surface area (Å²) in [6.07, 6.45) is -4.03. The van der Waals surface area contributed by atoms with Crippen molar-refractivity contribution in [3.05, 3.63) is 51.6 Å². The predicted octanol–water partition coefficient (Wildman–Crippen LogP) is 1.09. The Morgan fingerprint density at radius 3 is 2.56 bits per heavy atom. The van der Waals surface area contributed by atoms with Gasteiger partial charge in [-0.25, -0.2) is 0 Å². The van der Waals surface area contributed by atoms with Gasteiger partial charge in [-0.2, -0.15) is 0 Å². The summed E-state index contributed by atoms with van der Waals surface area (Å²) in [5, 5.41) is 54.3. The van der Waals surface area contributed by atoms with Gasteiger partial charge in [-0.05, 0) is 25.5 Å². The van der Waals surface area contributed by atoms with E-state index in [1.165, 1.54) is 13.0 Å². The number of ether oxygens (including phenoxy) is 2. The number of phenols is 3. The van der Waals surface area contributed by atoms with Crippen molar-refractivity contribution in [1.82, 2.24) is 0 Å². The maximum absolute atomic E-state index is 13.4. The van der Waals surface area contributed by atoms with Gasteiger partial charge in [0.2, 0.25) is 5.78 Å². The van der Waals surface area contributed by atoms with Gasteiger partial charge in [0, 0.05) is 48.4 Å². The van der Waals surface area contributed by atoms with E-state index in [1.807, 2.05) is 0 Å². The predicted molar refractivity (Wildman–Crippen MR) is 125 cm³/mol. The number of aliphatic hydroxyl groups excluding tert-OH is 1. The molecule has 2 aromatic rings. The van der Waals surface area contributed by atoms with Crippen LogP contribution >= 0.6 is 0 Å². The molecule has 2 aromatic carbocycles. The van der Waals surface area contributed by atoms with Crippen molar-refractivity contribution in [3.63, 3.8) is 0 Å². The number of rotatable bonds is 3. The van der Waals surface area contributed by atoms with Crippen molar-refractivity contribution in [2.75, 3.05) is 0 Å². The highest BCUT2D eigenvalue weighted by Crippen LogP contribution is 2.52. The van der Waals surface area contributed by atoms with E-state index in [0.717, 1.165) is 0 Å². The summed E-state index contributed by atoms with van der Waals surface area (Å²) in [6.45, 7) is 2.86. The van der Waals surface area contributed by atoms with E-state index in [4.69, 9.17) is 15.2 Å². The fourth-order valence-corrected chi connectivity index (χ4v) is 5.62. The molecule has 1 heterocycles. The number of nitrogens with two attached hydrogens (primary N) is 1. The van der Waals surface area contributed by atoms with Gasteiger partial charge in [-0.1, -0.05) is 12.1 Å². The highest BCUT2D eigenvalue weighted by Gasteiger charge is 2.48. The number of fused-ring (bicyclic) bond motifs is 3. The normalized spacial score (nSPS) is 31.4. The van der Waals surface area contributed by atoms with Crippen LogP contribution < -0.4 is 5.73 Å². The van der Waals surface area contributed by atoms with Crippen LogP contribution in [0.2, 0.25) is 0 Å².